The van der Waals surface area contributed by atoms with E-state index in [0.29, 0.717) is 49.0 Å². The van der Waals surface area contributed by atoms with Crippen molar-refractivity contribution < 1.29 is 36.1 Å². The molecule has 0 bridgehead atoms. The molecule has 1 amide bonds. The normalized spacial score (nSPS) is 22.5. The van der Waals surface area contributed by atoms with E-state index in [1.54, 1.807) is 24.4 Å². The summed E-state index contributed by atoms with van der Waals surface area (Å²) < 4.78 is 76.3. The van der Waals surface area contributed by atoms with Crippen LogP contribution in [0.4, 0.5) is 18.9 Å². The average molecular weight is 687 g/mol. The van der Waals surface area contributed by atoms with Crippen molar-refractivity contribution in [3.8, 4) is 0 Å². The lowest BCUT2D eigenvalue weighted by molar-refractivity contribution is -0.274. The summed E-state index contributed by atoms with van der Waals surface area (Å²) in [4.78, 5) is 17.5. The lowest BCUT2D eigenvalue weighted by Crippen LogP contribution is -2.57. The van der Waals surface area contributed by atoms with Gasteiger partial charge in [0.25, 0.3) is 5.91 Å². The number of pyridine rings is 1. The minimum Gasteiger partial charge on any atom is -0.320 e. The summed E-state index contributed by atoms with van der Waals surface area (Å²) in [6, 6.07) is 18.9. The lowest BCUT2D eigenvalue weighted by Gasteiger charge is -2.54. The first-order valence-corrected chi connectivity index (χ1v) is 18.5. The van der Waals surface area contributed by atoms with Gasteiger partial charge in [-0.1, -0.05) is 63.1 Å². The van der Waals surface area contributed by atoms with Gasteiger partial charge in [-0.2, -0.15) is 13.2 Å². The quantitative estimate of drug-likeness (QED) is 0.134. The lowest BCUT2D eigenvalue weighted by atomic mass is 9.52. The molecule has 1 fully saturated rings. The number of alkyl halides is 3. The SMILES string of the molecule is CCCCOP(=O)(OCCCC)O[C@]1(C(F)(F)F)CC[C@@]2(Cc3ccccc3)c3ccc(C(=O)Nc4cccnc4C)cc3CCC2C1. The van der Waals surface area contributed by atoms with Crippen LogP contribution in [0.2, 0.25) is 0 Å². The Morgan fingerprint density at radius 2 is 1.71 bits per heavy atom. The second-order valence-corrected chi connectivity index (χ2v) is 14.7. The molecule has 0 aliphatic heterocycles. The molecule has 48 heavy (non-hydrogen) atoms. The summed E-state index contributed by atoms with van der Waals surface area (Å²) in [6.07, 6.45) is 0.162. The number of aromatic nitrogens is 1. The first kappa shape index (κ1) is 36.2. The van der Waals surface area contributed by atoms with E-state index in [-0.39, 0.29) is 32.0 Å². The third-order valence-electron chi connectivity index (χ3n) is 9.91. The molecule has 5 rings (SSSR count). The van der Waals surface area contributed by atoms with Crippen molar-refractivity contribution in [2.45, 2.75) is 102 Å². The van der Waals surface area contributed by atoms with Gasteiger partial charge in [0.1, 0.15) is 0 Å². The zero-order valence-corrected chi connectivity index (χ0v) is 28.9. The molecule has 260 valence electrons. The Bertz CT molecular complexity index is 1590. The maximum Gasteiger partial charge on any atom is 0.475 e. The summed E-state index contributed by atoms with van der Waals surface area (Å²) in [5.74, 6) is -0.721. The maximum absolute atomic E-state index is 15.3. The molecule has 0 spiro atoms. The van der Waals surface area contributed by atoms with Crippen LogP contribution in [-0.4, -0.2) is 35.9 Å². The number of hydrogen-bond acceptors (Lipinski definition) is 6. The number of phosphoric ester groups is 1. The summed E-state index contributed by atoms with van der Waals surface area (Å²) in [5.41, 5.74) is 1.37. The van der Waals surface area contributed by atoms with Gasteiger partial charge in [-0.15, -0.1) is 0 Å². The van der Waals surface area contributed by atoms with Crippen LogP contribution >= 0.6 is 7.82 Å². The fourth-order valence-electron chi connectivity index (χ4n) is 7.25. The number of unbranched alkanes of at least 4 members (excludes halogenated alkanes) is 2. The molecule has 1 heterocycles. The number of phosphoric acid groups is 1. The predicted octanol–water partition coefficient (Wildman–Crippen LogP) is 9.93. The van der Waals surface area contributed by atoms with Gasteiger partial charge in [-0.3, -0.25) is 23.3 Å². The van der Waals surface area contributed by atoms with Gasteiger partial charge in [0.15, 0.2) is 5.60 Å². The van der Waals surface area contributed by atoms with Gasteiger partial charge in [0, 0.05) is 17.2 Å². The second kappa shape index (κ2) is 15.2. The number of benzene rings is 2. The highest BCUT2D eigenvalue weighted by Gasteiger charge is 2.65. The largest absolute Gasteiger partial charge is 0.475 e. The number of carbonyl (C=O) groups excluding carboxylic acids is 1. The fourth-order valence-corrected chi connectivity index (χ4v) is 8.83. The van der Waals surface area contributed by atoms with Crippen LogP contribution in [0.25, 0.3) is 0 Å². The van der Waals surface area contributed by atoms with E-state index in [1.807, 2.05) is 63.2 Å². The second-order valence-electron chi connectivity index (χ2n) is 13.1. The van der Waals surface area contributed by atoms with Crippen LogP contribution in [0.15, 0.2) is 66.9 Å². The van der Waals surface area contributed by atoms with Gasteiger partial charge in [0.05, 0.1) is 24.6 Å². The van der Waals surface area contributed by atoms with E-state index < -0.39 is 37.4 Å². The topological polar surface area (TPSA) is 86.8 Å². The first-order chi connectivity index (χ1) is 22.9. The summed E-state index contributed by atoms with van der Waals surface area (Å²) in [5, 5.41) is 2.93. The maximum atomic E-state index is 15.3. The number of nitrogens with zero attached hydrogens (tertiary/aromatic N) is 1. The van der Waals surface area contributed by atoms with Crippen molar-refractivity contribution in [1.29, 1.82) is 0 Å². The molecule has 2 aliphatic carbocycles. The Balaban J connectivity index is 1.50. The molecule has 11 heteroatoms. The van der Waals surface area contributed by atoms with Crippen molar-refractivity contribution in [2.24, 2.45) is 5.92 Å². The van der Waals surface area contributed by atoms with Crippen LogP contribution in [0.3, 0.4) is 0 Å². The molecule has 3 aromatic rings. The summed E-state index contributed by atoms with van der Waals surface area (Å²) >= 11 is 0. The van der Waals surface area contributed by atoms with Crippen LogP contribution in [0.5, 0.6) is 0 Å². The average Bonchev–Trinajstić information content (AvgIpc) is 3.06. The minimum atomic E-state index is -4.81. The van der Waals surface area contributed by atoms with E-state index in [9.17, 15) is 9.36 Å². The van der Waals surface area contributed by atoms with E-state index in [0.717, 1.165) is 29.5 Å². The molecule has 1 N–H and O–H groups in total. The number of anilines is 1. The number of fused-ring (bicyclic) bond motifs is 3. The van der Waals surface area contributed by atoms with Crippen molar-refractivity contribution in [3.63, 3.8) is 0 Å². The monoisotopic (exact) mass is 686 g/mol. The molecule has 0 radical (unpaired) electrons. The molecule has 1 unspecified atom stereocenters. The van der Waals surface area contributed by atoms with Crippen molar-refractivity contribution >= 4 is 19.4 Å². The molecular weight excluding hydrogens is 640 g/mol. The predicted molar refractivity (Wildman–Crippen MR) is 180 cm³/mol. The third-order valence-corrected chi connectivity index (χ3v) is 11.5. The molecule has 7 nitrogen and oxygen atoms in total. The van der Waals surface area contributed by atoms with Gasteiger partial charge < -0.3 is 5.32 Å². The highest BCUT2D eigenvalue weighted by Crippen LogP contribution is 2.64. The van der Waals surface area contributed by atoms with Crippen molar-refractivity contribution in [3.05, 3.63) is 94.8 Å². The van der Waals surface area contributed by atoms with Crippen molar-refractivity contribution in [1.82, 2.24) is 4.98 Å². The van der Waals surface area contributed by atoms with E-state index in [4.69, 9.17) is 13.6 Å². The molecule has 0 saturated heterocycles. The number of carbonyl (C=O) groups is 1. The van der Waals surface area contributed by atoms with Gasteiger partial charge >= 0.3 is 14.0 Å². The molecule has 2 aromatic carbocycles. The Kier molecular flexibility index (Phi) is 11.5. The van der Waals surface area contributed by atoms with E-state index in [1.165, 1.54) is 0 Å². The number of halogens is 3. The van der Waals surface area contributed by atoms with Crippen LogP contribution in [0.1, 0.15) is 98.0 Å². The van der Waals surface area contributed by atoms with E-state index >= 15 is 13.2 Å². The molecule has 1 aromatic heterocycles. The van der Waals surface area contributed by atoms with Gasteiger partial charge in [0.2, 0.25) is 0 Å². The zero-order valence-electron chi connectivity index (χ0n) is 28.0. The number of amides is 1. The molecule has 1 saturated carbocycles. The molecular formula is C37H46F3N2O5P. The summed E-state index contributed by atoms with van der Waals surface area (Å²) in [7, 11) is -4.53. The van der Waals surface area contributed by atoms with Gasteiger partial charge in [-0.05, 0) is 105 Å². The Labute approximate surface area is 281 Å². The van der Waals surface area contributed by atoms with E-state index in [2.05, 4.69) is 10.3 Å². The summed E-state index contributed by atoms with van der Waals surface area (Å²) in [6.45, 7) is 5.61. The number of aryl methyl sites for hydroxylation is 2. The number of hydrogen-bond donors (Lipinski definition) is 1. The van der Waals surface area contributed by atoms with Crippen LogP contribution in [0, 0.1) is 12.8 Å². The Hall–Kier alpha value is -3.04. The highest BCUT2D eigenvalue weighted by atomic mass is 31.2. The van der Waals surface area contributed by atoms with Gasteiger partial charge in [-0.25, -0.2) is 4.57 Å². The minimum absolute atomic E-state index is 0.0150. The van der Waals surface area contributed by atoms with Crippen LogP contribution in [-0.2, 0) is 36.4 Å². The standard InChI is InChI=1S/C37H46F3N2O5P/c1-4-6-22-45-48(44,46-23-7-5-2)47-36(37(38,39)40)20-19-35(25-28-12-9-8-10-13-28)31(26-36)17-15-29-24-30(16-18-32(29)35)34(43)42-33-14-11-21-41-27(33)3/h8-14,16,18,21,24,31H,4-7,15,17,19-20,22-23,25-26H2,1-3H3,(H,42,43)/t31?,35-,36+/m0/s1. The first-order valence-electron chi connectivity index (χ1n) is 17.0. The number of nitrogens with one attached hydrogen (secondary N) is 1. The number of rotatable bonds is 14. The smallest absolute Gasteiger partial charge is 0.320 e. The third kappa shape index (κ3) is 7.88. The van der Waals surface area contributed by atoms with Crippen LogP contribution < -0.4 is 5.32 Å². The highest BCUT2D eigenvalue weighted by molar-refractivity contribution is 7.48. The Morgan fingerprint density at radius 1 is 1.00 bits per heavy atom. The molecule has 2 aliphatic rings. The molecule has 3 atom stereocenters. The Morgan fingerprint density at radius 3 is 2.35 bits per heavy atom. The fraction of sp³-hybridized carbons (Fsp3) is 0.514. The van der Waals surface area contributed by atoms with Crippen molar-refractivity contribution in [2.75, 3.05) is 18.5 Å². The zero-order chi connectivity index (χ0) is 34.4.